The Bertz CT molecular complexity index is 1350. The fourth-order valence-electron chi connectivity index (χ4n) is 5.56. The summed E-state index contributed by atoms with van der Waals surface area (Å²) >= 11 is 1.83. The number of amides is 2. The van der Waals surface area contributed by atoms with Crippen molar-refractivity contribution < 1.29 is 18.7 Å². The topological polar surface area (TPSA) is 74.4 Å². The predicted molar refractivity (Wildman–Crippen MR) is 151 cm³/mol. The largest absolute Gasteiger partial charge is 0.497 e. The van der Waals surface area contributed by atoms with Crippen molar-refractivity contribution in [1.82, 2.24) is 10.3 Å². The minimum atomic E-state index is -0.669. The molecular weight excluding hydrogens is 501 g/mol. The molecule has 3 aromatic rings. The Balaban J connectivity index is 1.45. The van der Waals surface area contributed by atoms with Crippen LogP contribution < -0.4 is 15.0 Å². The molecule has 2 aliphatic rings. The number of carbonyl (C=O) groups is 2. The van der Waals surface area contributed by atoms with Gasteiger partial charge < -0.3 is 19.9 Å². The number of fused-ring (bicyclic) bond motifs is 4. The van der Waals surface area contributed by atoms with Crippen LogP contribution >= 0.6 is 11.8 Å². The second-order valence-corrected chi connectivity index (χ2v) is 11.3. The van der Waals surface area contributed by atoms with Crippen LogP contribution in [0.15, 0.2) is 54.1 Å². The summed E-state index contributed by atoms with van der Waals surface area (Å²) in [5.74, 6) is 1.93. The van der Waals surface area contributed by atoms with Crippen molar-refractivity contribution in [2.75, 3.05) is 24.8 Å². The summed E-state index contributed by atoms with van der Waals surface area (Å²) in [6, 6.07) is 11.3. The number of anilines is 1. The van der Waals surface area contributed by atoms with Gasteiger partial charge in [-0.3, -0.25) is 9.59 Å². The number of hydrogen-bond donors (Lipinski definition) is 2. The Morgan fingerprint density at radius 2 is 1.97 bits per heavy atom. The molecule has 2 atom stereocenters. The molecule has 0 saturated heterocycles. The number of nitrogens with one attached hydrogen (secondary N) is 2. The van der Waals surface area contributed by atoms with Crippen LogP contribution in [0.3, 0.4) is 0 Å². The van der Waals surface area contributed by atoms with E-state index in [0.717, 1.165) is 65.0 Å². The monoisotopic (exact) mass is 535 g/mol. The molecule has 1 aliphatic carbocycles. The molecule has 8 heteroatoms. The molecule has 5 rings (SSSR count). The van der Waals surface area contributed by atoms with E-state index in [-0.39, 0.29) is 30.0 Å². The van der Waals surface area contributed by atoms with Gasteiger partial charge in [-0.05, 0) is 91.8 Å². The summed E-state index contributed by atoms with van der Waals surface area (Å²) in [6.07, 6.45) is 7.19. The second kappa shape index (κ2) is 11.6. The van der Waals surface area contributed by atoms with E-state index in [4.69, 9.17) is 4.74 Å². The van der Waals surface area contributed by atoms with E-state index in [1.807, 2.05) is 36.0 Å². The third-order valence-electron chi connectivity index (χ3n) is 7.61. The second-order valence-electron chi connectivity index (χ2n) is 10.2. The highest BCUT2D eigenvalue weighted by atomic mass is 32.2. The van der Waals surface area contributed by atoms with E-state index in [1.54, 1.807) is 25.1 Å². The molecule has 2 bridgehead atoms. The fraction of sp³-hybridized carbons (Fsp3) is 0.400. The van der Waals surface area contributed by atoms with Gasteiger partial charge >= 0.3 is 0 Å². The van der Waals surface area contributed by atoms with Gasteiger partial charge in [-0.25, -0.2) is 4.39 Å². The zero-order valence-electron chi connectivity index (χ0n) is 21.9. The van der Waals surface area contributed by atoms with Gasteiger partial charge in [-0.2, -0.15) is 11.8 Å². The molecule has 200 valence electrons. The molecule has 2 N–H and O–H groups in total. The minimum absolute atomic E-state index is 0.0845. The van der Waals surface area contributed by atoms with Gasteiger partial charge in [0.05, 0.1) is 13.5 Å². The average molecular weight is 536 g/mol. The number of rotatable bonds is 3. The van der Waals surface area contributed by atoms with Gasteiger partial charge in [-0.15, -0.1) is 0 Å². The Morgan fingerprint density at radius 1 is 1.16 bits per heavy atom. The minimum Gasteiger partial charge on any atom is -0.497 e. The highest BCUT2D eigenvalue weighted by Gasteiger charge is 2.29. The van der Waals surface area contributed by atoms with Crippen molar-refractivity contribution in [2.24, 2.45) is 5.92 Å². The predicted octanol–water partition coefficient (Wildman–Crippen LogP) is 5.76. The maximum atomic E-state index is 14.1. The fourth-order valence-corrected chi connectivity index (χ4v) is 6.56. The van der Waals surface area contributed by atoms with Crippen LogP contribution in [-0.2, 0) is 21.8 Å². The first-order valence-electron chi connectivity index (χ1n) is 13.2. The first kappa shape index (κ1) is 26.4. The number of nitrogens with zero attached hydrogens (tertiary/aromatic N) is 1. The number of halogens is 1. The SMILES string of the molecule is COc1ccc(N(C)C(=O)[C@@H]2CC3C=C(CCC3)CCSCc3[nH]c4ccc(F)cc4c3CC(=O)N2)cc1. The van der Waals surface area contributed by atoms with E-state index in [9.17, 15) is 14.0 Å². The summed E-state index contributed by atoms with van der Waals surface area (Å²) < 4.78 is 19.4. The molecule has 38 heavy (non-hydrogen) atoms. The molecular formula is C30H34FN3O3S. The molecule has 2 aromatic carbocycles. The Kier molecular flexibility index (Phi) is 8.07. The van der Waals surface area contributed by atoms with Gasteiger partial charge in [0.15, 0.2) is 0 Å². The number of likely N-dealkylation sites (N-methyl/N-ethyl adjacent to an activating group) is 1. The van der Waals surface area contributed by atoms with Crippen molar-refractivity contribution in [3.05, 3.63) is 71.2 Å². The van der Waals surface area contributed by atoms with Gasteiger partial charge in [0.1, 0.15) is 17.6 Å². The zero-order chi connectivity index (χ0) is 26.6. The van der Waals surface area contributed by atoms with Crippen LogP contribution in [0.25, 0.3) is 10.9 Å². The normalized spacial score (nSPS) is 20.6. The van der Waals surface area contributed by atoms with E-state index >= 15 is 0 Å². The van der Waals surface area contributed by atoms with Gasteiger partial charge in [-0.1, -0.05) is 11.6 Å². The van der Waals surface area contributed by atoms with Crippen LogP contribution in [0.1, 0.15) is 43.4 Å². The zero-order valence-corrected chi connectivity index (χ0v) is 22.7. The molecule has 2 heterocycles. The third-order valence-corrected chi connectivity index (χ3v) is 8.60. The number of thioether (sulfide) groups is 1. The number of ether oxygens (including phenoxy) is 1. The molecule has 0 saturated carbocycles. The maximum absolute atomic E-state index is 14.1. The lowest BCUT2D eigenvalue weighted by Crippen LogP contribution is -2.49. The van der Waals surface area contributed by atoms with Gasteiger partial charge in [0.2, 0.25) is 11.8 Å². The molecule has 1 aliphatic heterocycles. The quantitative estimate of drug-likeness (QED) is 0.418. The summed E-state index contributed by atoms with van der Waals surface area (Å²) in [5, 5.41) is 3.78. The molecule has 0 spiro atoms. The smallest absolute Gasteiger partial charge is 0.249 e. The number of allylic oxidation sites excluding steroid dienone is 2. The first-order chi connectivity index (χ1) is 18.4. The summed E-state index contributed by atoms with van der Waals surface area (Å²) in [6.45, 7) is 0. The van der Waals surface area contributed by atoms with Crippen LogP contribution in [0.5, 0.6) is 5.75 Å². The summed E-state index contributed by atoms with van der Waals surface area (Å²) in [5.41, 5.74) is 4.73. The number of carbonyl (C=O) groups excluding carboxylic acids is 2. The lowest BCUT2D eigenvalue weighted by atomic mass is 9.85. The molecule has 0 radical (unpaired) electrons. The third kappa shape index (κ3) is 5.90. The van der Waals surface area contributed by atoms with Crippen molar-refractivity contribution in [3.63, 3.8) is 0 Å². The standard InChI is InChI=1S/C30H34FN3O3S/c1-34(22-7-9-23(37-2)10-8-22)30(36)27-15-20-5-3-4-19(14-20)12-13-38-18-28-25(17-29(35)33-27)24-16-21(31)6-11-26(24)32-28/h6-11,14,16,20,27,32H,3-5,12-13,15,17-18H2,1-2H3,(H,33,35)/t20?,27-/m0/s1. The number of hydrogen-bond acceptors (Lipinski definition) is 4. The van der Waals surface area contributed by atoms with E-state index < -0.39 is 6.04 Å². The molecule has 1 aromatic heterocycles. The molecule has 2 amide bonds. The lowest BCUT2D eigenvalue weighted by molar-refractivity contribution is -0.127. The van der Waals surface area contributed by atoms with Gasteiger partial charge in [0, 0.05) is 35.1 Å². The molecule has 6 nitrogen and oxygen atoms in total. The van der Waals surface area contributed by atoms with E-state index in [1.165, 1.54) is 17.7 Å². The van der Waals surface area contributed by atoms with Crippen molar-refractivity contribution in [1.29, 1.82) is 0 Å². The van der Waals surface area contributed by atoms with Crippen LogP contribution in [-0.4, -0.2) is 42.8 Å². The van der Waals surface area contributed by atoms with E-state index in [0.29, 0.717) is 12.2 Å². The Labute approximate surface area is 227 Å². The number of methoxy groups -OCH3 is 1. The lowest BCUT2D eigenvalue weighted by Gasteiger charge is -2.29. The highest BCUT2D eigenvalue weighted by Crippen LogP contribution is 2.32. The van der Waals surface area contributed by atoms with Crippen LogP contribution in [0, 0.1) is 11.7 Å². The van der Waals surface area contributed by atoms with Crippen molar-refractivity contribution in [2.45, 2.75) is 50.3 Å². The molecule has 0 fully saturated rings. The Hall–Kier alpha value is -3.26. The number of H-pyrrole nitrogens is 1. The molecule has 1 unspecified atom stereocenters. The highest BCUT2D eigenvalue weighted by molar-refractivity contribution is 7.98. The number of aromatic amines is 1. The summed E-state index contributed by atoms with van der Waals surface area (Å²) in [4.78, 5) is 32.2. The maximum Gasteiger partial charge on any atom is 0.249 e. The number of aromatic nitrogens is 1. The van der Waals surface area contributed by atoms with E-state index in [2.05, 4.69) is 16.4 Å². The van der Waals surface area contributed by atoms with Crippen LogP contribution in [0.2, 0.25) is 0 Å². The average Bonchev–Trinajstić information content (AvgIpc) is 3.25. The van der Waals surface area contributed by atoms with Crippen molar-refractivity contribution in [3.8, 4) is 5.75 Å². The van der Waals surface area contributed by atoms with Crippen LogP contribution in [0.4, 0.5) is 10.1 Å². The number of benzene rings is 2. The Morgan fingerprint density at radius 3 is 2.76 bits per heavy atom. The summed E-state index contributed by atoms with van der Waals surface area (Å²) in [7, 11) is 3.34. The van der Waals surface area contributed by atoms with Crippen molar-refractivity contribution >= 4 is 40.2 Å². The first-order valence-corrected chi connectivity index (χ1v) is 14.3. The van der Waals surface area contributed by atoms with Gasteiger partial charge in [0.25, 0.3) is 0 Å².